The average molecular weight is 579 g/mol. The normalized spacial score (nSPS) is 18.8. The number of aromatic nitrogens is 3. The van der Waals surface area contributed by atoms with Crippen LogP contribution in [0.2, 0.25) is 5.02 Å². The Balaban J connectivity index is 1.14. The van der Waals surface area contributed by atoms with E-state index in [-0.39, 0.29) is 36.1 Å². The zero-order valence-corrected chi connectivity index (χ0v) is 23.6. The average Bonchev–Trinajstić information content (AvgIpc) is 3.32. The number of piperidine rings is 1. The number of carbonyl (C=O) groups is 1. The van der Waals surface area contributed by atoms with Crippen LogP contribution in [0.1, 0.15) is 65.6 Å². The van der Waals surface area contributed by atoms with Gasteiger partial charge in [0, 0.05) is 34.9 Å². The number of hydrogen-bond acceptors (Lipinski definition) is 6. The second kappa shape index (κ2) is 11.8. The van der Waals surface area contributed by atoms with Gasteiger partial charge in [-0.1, -0.05) is 17.7 Å². The summed E-state index contributed by atoms with van der Waals surface area (Å²) in [6.45, 7) is 5.38. The monoisotopic (exact) mass is 578 g/mol. The van der Waals surface area contributed by atoms with Gasteiger partial charge in [0.15, 0.2) is 0 Å². The highest BCUT2D eigenvalue weighted by Crippen LogP contribution is 2.34. The van der Waals surface area contributed by atoms with Crippen molar-refractivity contribution < 1.29 is 23.8 Å². The number of fused-ring (bicyclic) bond motifs is 1. The fourth-order valence-corrected chi connectivity index (χ4v) is 5.90. The zero-order valence-electron chi connectivity index (χ0n) is 22.8. The Morgan fingerprint density at radius 3 is 2.68 bits per heavy atom. The number of imidazole rings is 1. The van der Waals surface area contributed by atoms with Gasteiger partial charge < -0.3 is 19.1 Å². The maximum atomic E-state index is 14.1. The van der Waals surface area contributed by atoms with Crippen molar-refractivity contribution in [1.29, 1.82) is 0 Å². The number of carboxylic acids is 1. The molecular formula is C31H32ClFN4O4. The van der Waals surface area contributed by atoms with Crippen molar-refractivity contribution in [3.05, 3.63) is 88.1 Å². The van der Waals surface area contributed by atoms with Crippen molar-refractivity contribution in [3.8, 4) is 5.88 Å². The third-order valence-electron chi connectivity index (χ3n) is 8.20. The predicted octanol–water partition coefficient (Wildman–Crippen LogP) is 6.23. The Morgan fingerprint density at radius 2 is 1.95 bits per heavy atom. The van der Waals surface area contributed by atoms with Gasteiger partial charge in [0.2, 0.25) is 5.88 Å². The van der Waals surface area contributed by atoms with Crippen LogP contribution < -0.4 is 4.74 Å². The number of pyridine rings is 1. The highest BCUT2D eigenvalue weighted by molar-refractivity contribution is 6.30. The van der Waals surface area contributed by atoms with Crippen molar-refractivity contribution in [2.75, 3.05) is 19.7 Å². The van der Waals surface area contributed by atoms with Gasteiger partial charge in [-0.05, 0) is 81.7 Å². The van der Waals surface area contributed by atoms with Gasteiger partial charge in [0.1, 0.15) is 18.2 Å². The number of rotatable bonds is 9. The summed E-state index contributed by atoms with van der Waals surface area (Å²) in [4.78, 5) is 23.7. The molecule has 0 aliphatic carbocycles. The molecule has 0 saturated carbocycles. The minimum Gasteiger partial charge on any atom is -0.478 e. The molecule has 0 radical (unpaired) electrons. The Labute approximate surface area is 242 Å². The number of aromatic carboxylic acids is 1. The van der Waals surface area contributed by atoms with Gasteiger partial charge in [-0.25, -0.2) is 19.2 Å². The lowest BCUT2D eigenvalue weighted by Gasteiger charge is -2.36. The lowest BCUT2D eigenvalue weighted by atomic mass is 9.92. The van der Waals surface area contributed by atoms with Crippen LogP contribution in [0.15, 0.2) is 54.6 Å². The molecule has 4 heterocycles. The van der Waals surface area contributed by atoms with Crippen molar-refractivity contribution >= 4 is 28.6 Å². The van der Waals surface area contributed by atoms with Gasteiger partial charge in [0.25, 0.3) is 0 Å². The maximum absolute atomic E-state index is 14.1. The molecule has 10 heteroatoms. The molecule has 2 aromatic carbocycles. The molecule has 2 aliphatic heterocycles. The van der Waals surface area contributed by atoms with E-state index in [1.54, 1.807) is 30.3 Å². The van der Waals surface area contributed by atoms with Crippen LogP contribution in [-0.2, 0) is 17.9 Å². The molecule has 1 N–H and O–H groups in total. The molecule has 2 aromatic heterocycles. The summed E-state index contributed by atoms with van der Waals surface area (Å²) in [5.74, 6) is 0.368. The first-order valence-electron chi connectivity index (χ1n) is 14.0. The highest BCUT2D eigenvalue weighted by atomic mass is 35.5. The lowest BCUT2D eigenvalue weighted by Crippen LogP contribution is -2.37. The van der Waals surface area contributed by atoms with Gasteiger partial charge in [-0.15, -0.1) is 0 Å². The van der Waals surface area contributed by atoms with Gasteiger partial charge in [-0.2, -0.15) is 0 Å². The summed E-state index contributed by atoms with van der Waals surface area (Å²) >= 11 is 6.00. The second-order valence-corrected chi connectivity index (χ2v) is 11.2. The van der Waals surface area contributed by atoms with Crippen LogP contribution in [0.4, 0.5) is 4.39 Å². The minimum atomic E-state index is -0.948. The molecule has 8 nitrogen and oxygen atoms in total. The van der Waals surface area contributed by atoms with Crippen LogP contribution in [0.5, 0.6) is 5.88 Å². The van der Waals surface area contributed by atoms with E-state index >= 15 is 0 Å². The summed E-state index contributed by atoms with van der Waals surface area (Å²) in [6, 6.07) is 15.3. The molecule has 2 aliphatic rings. The molecule has 6 rings (SSSR count). The van der Waals surface area contributed by atoms with Gasteiger partial charge in [-0.3, -0.25) is 4.90 Å². The molecule has 2 saturated heterocycles. The van der Waals surface area contributed by atoms with Crippen molar-refractivity contribution in [1.82, 2.24) is 19.4 Å². The number of halogens is 2. The number of benzene rings is 2. The maximum Gasteiger partial charge on any atom is 0.335 e. The lowest BCUT2D eigenvalue weighted by molar-refractivity contribution is -0.0594. The van der Waals surface area contributed by atoms with Gasteiger partial charge >= 0.3 is 5.97 Å². The molecule has 0 amide bonds. The number of nitrogens with zero attached hydrogens (tertiary/aromatic N) is 4. The first kappa shape index (κ1) is 27.6. The summed E-state index contributed by atoms with van der Waals surface area (Å²) in [7, 11) is 0. The molecule has 1 unspecified atom stereocenters. The van der Waals surface area contributed by atoms with Crippen LogP contribution >= 0.6 is 11.6 Å². The quantitative estimate of drug-likeness (QED) is 0.252. The molecule has 4 aromatic rings. The third kappa shape index (κ3) is 5.93. The SMILES string of the molecule is CC(c1nc2ccc(C(=O)O)cc2n1C[C@@H]1CCO1)N1CCC(c2cccc(OCc3cc(Cl)ccc3F)n2)CC1. The molecule has 214 valence electrons. The largest absolute Gasteiger partial charge is 0.478 e. The van der Waals surface area contributed by atoms with Crippen LogP contribution in [-0.4, -0.2) is 56.3 Å². The standard InChI is InChI=1S/C31H32ClFN4O4/c1-19(30-35-27-8-5-21(31(38)39)16-28(27)37(30)17-24-11-14-40-24)36-12-9-20(10-13-36)26-3-2-4-29(34-26)41-18-22-15-23(32)6-7-25(22)33/h2-8,15-16,19-20,24H,9-14,17-18H2,1H3,(H,38,39)/t19?,24-/m0/s1. The van der Waals surface area contributed by atoms with Crippen molar-refractivity contribution in [2.45, 2.75) is 57.4 Å². The minimum absolute atomic E-state index is 0.0481. The highest BCUT2D eigenvalue weighted by Gasteiger charge is 2.30. The van der Waals surface area contributed by atoms with E-state index in [4.69, 9.17) is 31.0 Å². The summed E-state index contributed by atoms with van der Waals surface area (Å²) in [5.41, 5.74) is 3.24. The predicted molar refractivity (Wildman–Crippen MR) is 153 cm³/mol. The second-order valence-electron chi connectivity index (χ2n) is 10.8. The first-order valence-corrected chi connectivity index (χ1v) is 14.4. The molecular weight excluding hydrogens is 547 g/mol. The van der Waals surface area contributed by atoms with Crippen LogP contribution in [0.25, 0.3) is 11.0 Å². The molecule has 2 atom stereocenters. The molecule has 41 heavy (non-hydrogen) atoms. The van der Waals surface area contributed by atoms with E-state index in [0.29, 0.717) is 23.0 Å². The topological polar surface area (TPSA) is 89.7 Å². The third-order valence-corrected chi connectivity index (χ3v) is 8.44. The zero-order chi connectivity index (χ0) is 28.5. The number of carboxylic acid groups (broad SMARTS) is 1. The number of likely N-dealkylation sites (tertiary alicyclic amines) is 1. The summed E-state index contributed by atoms with van der Waals surface area (Å²) in [5, 5.41) is 10.0. The van der Waals surface area contributed by atoms with E-state index in [0.717, 1.165) is 61.5 Å². The fraction of sp³-hybridized carbons (Fsp3) is 0.387. The smallest absolute Gasteiger partial charge is 0.335 e. The summed E-state index contributed by atoms with van der Waals surface area (Å²) in [6.07, 6.45) is 2.97. The van der Waals surface area contributed by atoms with E-state index in [9.17, 15) is 14.3 Å². The Morgan fingerprint density at radius 1 is 1.15 bits per heavy atom. The fourth-order valence-electron chi connectivity index (χ4n) is 5.71. The first-order chi connectivity index (χ1) is 19.9. The Kier molecular flexibility index (Phi) is 7.92. The number of ether oxygens (including phenoxy) is 2. The van der Waals surface area contributed by atoms with Crippen molar-refractivity contribution in [3.63, 3.8) is 0 Å². The summed E-state index contributed by atoms with van der Waals surface area (Å²) < 4.78 is 27.8. The van der Waals surface area contributed by atoms with E-state index < -0.39 is 5.97 Å². The van der Waals surface area contributed by atoms with E-state index in [1.807, 2.05) is 12.1 Å². The van der Waals surface area contributed by atoms with E-state index in [1.165, 1.54) is 12.1 Å². The van der Waals surface area contributed by atoms with Gasteiger partial charge in [0.05, 0.1) is 35.3 Å². The number of hydrogen-bond donors (Lipinski definition) is 1. The van der Waals surface area contributed by atoms with Crippen LogP contribution in [0, 0.1) is 5.82 Å². The molecule has 0 spiro atoms. The van der Waals surface area contributed by atoms with Crippen molar-refractivity contribution in [2.24, 2.45) is 0 Å². The molecule has 2 fully saturated rings. The van der Waals surface area contributed by atoms with Crippen LogP contribution in [0.3, 0.4) is 0 Å². The Bertz CT molecular complexity index is 1570. The Hall–Kier alpha value is -3.53. The molecule has 0 bridgehead atoms. The van der Waals surface area contributed by atoms with E-state index in [2.05, 4.69) is 16.4 Å².